The van der Waals surface area contributed by atoms with Crippen LogP contribution in [0.4, 0.5) is 4.79 Å². The van der Waals surface area contributed by atoms with Crippen molar-refractivity contribution in [2.24, 2.45) is 0 Å². The summed E-state index contributed by atoms with van der Waals surface area (Å²) in [5, 5.41) is 2.80. The number of urea groups is 1. The Balaban J connectivity index is 2.04. The molecule has 1 aromatic carbocycles. The maximum atomic E-state index is 12.8. The summed E-state index contributed by atoms with van der Waals surface area (Å²) in [7, 11) is 0. The van der Waals surface area contributed by atoms with E-state index in [1.165, 1.54) is 12.8 Å². The molecule has 1 heterocycles. The lowest BCUT2D eigenvalue weighted by molar-refractivity contribution is -0.130. The molecule has 5 heteroatoms. The van der Waals surface area contributed by atoms with Gasteiger partial charge in [-0.25, -0.2) is 4.79 Å². The van der Waals surface area contributed by atoms with Crippen LogP contribution in [0.5, 0.6) is 0 Å². The van der Waals surface area contributed by atoms with E-state index in [1.54, 1.807) is 6.92 Å². The number of carbonyl (C=O) groups is 3. The Labute approximate surface area is 162 Å². The van der Waals surface area contributed by atoms with Crippen molar-refractivity contribution in [2.75, 3.05) is 6.54 Å². The van der Waals surface area contributed by atoms with E-state index in [0.29, 0.717) is 12.0 Å². The lowest BCUT2D eigenvalue weighted by atomic mass is 9.93. The van der Waals surface area contributed by atoms with E-state index in [1.807, 2.05) is 32.9 Å². The first kappa shape index (κ1) is 21.1. The second-order valence-corrected chi connectivity index (χ2v) is 7.99. The molecular formula is C22H32N2O3. The number of nitrogens with zero attached hydrogens (tertiary/aromatic N) is 1. The van der Waals surface area contributed by atoms with Crippen LogP contribution in [-0.4, -0.2) is 34.7 Å². The van der Waals surface area contributed by atoms with Gasteiger partial charge < -0.3 is 5.32 Å². The summed E-state index contributed by atoms with van der Waals surface area (Å²) in [5.74, 6) is -0.496. The van der Waals surface area contributed by atoms with Crippen LogP contribution in [-0.2, 0) is 4.79 Å². The minimum atomic E-state index is -0.901. The van der Waals surface area contributed by atoms with E-state index in [0.717, 1.165) is 40.9 Å². The molecule has 1 aliphatic heterocycles. The zero-order chi connectivity index (χ0) is 20.2. The number of carbonyl (C=O) groups excluding carboxylic acids is 3. The smallest absolute Gasteiger partial charge is 0.323 e. The maximum Gasteiger partial charge on any atom is 0.325 e. The molecule has 1 fully saturated rings. The molecule has 27 heavy (non-hydrogen) atoms. The zero-order valence-corrected chi connectivity index (χ0v) is 17.3. The number of amides is 3. The summed E-state index contributed by atoms with van der Waals surface area (Å²) < 4.78 is 0. The largest absolute Gasteiger partial charge is 0.325 e. The third-order valence-electron chi connectivity index (χ3n) is 5.57. The van der Waals surface area contributed by atoms with E-state index in [-0.39, 0.29) is 18.2 Å². The SMILES string of the molecule is CCCCCCC[C@]1(C)NC(=O)N(CC(=O)c2cc(C)c(C)cc2C)C1=O. The first-order valence-corrected chi connectivity index (χ1v) is 9.94. The van der Waals surface area contributed by atoms with Gasteiger partial charge in [0, 0.05) is 5.56 Å². The maximum absolute atomic E-state index is 12.8. The van der Waals surface area contributed by atoms with Gasteiger partial charge in [0.25, 0.3) is 5.91 Å². The van der Waals surface area contributed by atoms with E-state index < -0.39 is 11.6 Å². The van der Waals surface area contributed by atoms with Crippen LogP contribution >= 0.6 is 0 Å². The van der Waals surface area contributed by atoms with Crippen LogP contribution in [0.3, 0.4) is 0 Å². The molecular weight excluding hydrogens is 340 g/mol. The fourth-order valence-electron chi connectivity index (χ4n) is 3.63. The number of nitrogens with one attached hydrogen (secondary N) is 1. The van der Waals surface area contributed by atoms with Crippen molar-refractivity contribution in [1.82, 2.24) is 10.2 Å². The second-order valence-electron chi connectivity index (χ2n) is 7.99. The van der Waals surface area contributed by atoms with Crippen molar-refractivity contribution in [3.63, 3.8) is 0 Å². The van der Waals surface area contributed by atoms with E-state index in [9.17, 15) is 14.4 Å². The summed E-state index contributed by atoms with van der Waals surface area (Å²) in [6.45, 7) is 9.55. The molecule has 1 aliphatic rings. The Bertz CT molecular complexity index is 741. The quantitative estimate of drug-likeness (QED) is 0.395. The van der Waals surface area contributed by atoms with Gasteiger partial charge in [0.15, 0.2) is 5.78 Å². The highest BCUT2D eigenvalue weighted by atomic mass is 16.2. The Morgan fingerprint density at radius 3 is 2.30 bits per heavy atom. The van der Waals surface area contributed by atoms with E-state index in [2.05, 4.69) is 12.2 Å². The van der Waals surface area contributed by atoms with E-state index >= 15 is 0 Å². The molecule has 148 valence electrons. The average molecular weight is 373 g/mol. The molecule has 0 spiro atoms. The van der Waals surface area contributed by atoms with Gasteiger partial charge in [-0.1, -0.05) is 45.1 Å². The number of benzene rings is 1. The molecule has 1 saturated heterocycles. The average Bonchev–Trinajstić information content (AvgIpc) is 2.81. The van der Waals surface area contributed by atoms with Crippen LogP contribution in [0.15, 0.2) is 12.1 Å². The summed E-state index contributed by atoms with van der Waals surface area (Å²) in [6.07, 6.45) is 6.04. The summed E-state index contributed by atoms with van der Waals surface area (Å²) in [6, 6.07) is 3.35. The predicted octanol–water partition coefficient (Wildman–Crippen LogP) is 4.47. The zero-order valence-electron chi connectivity index (χ0n) is 17.3. The van der Waals surface area contributed by atoms with E-state index in [4.69, 9.17) is 0 Å². The first-order valence-electron chi connectivity index (χ1n) is 9.94. The minimum absolute atomic E-state index is 0.203. The molecule has 5 nitrogen and oxygen atoms in total. The fraction of sp³-hybridized carbons (Fsp3) is 0.591. The van der Waals surface area contributed by atoms with Crippen molar-refractivity contribution < 1.29 is 14.4 Å². The molecule has 3 amide bonds. The van der Waals surface area contributed by atoms with Gasteiger partial charge in [0.1, 0.15) is 5.54 Å². The van der Waals surface area contributed by atoms with Crippen molar-refractivity contribution >= 4 is 17.7 Å². The molecule has 0 radical (unpaired) electrons. The van der Waals surface area contributed by atoms with Crippen LogP contribution in [0.1, 0.15) is 79.4 Å². The number of Topliss-reactive ketones (excluding diaryl/α,β-unsaturated/α-hetero) is 1. The van der Waals surface area contributed by atoms with Gasteiger partial charge >= 0.3 is 6.03 Å². The summed E-state index contributed by atoms with van der Waals surface area (Å²) in [5.41, 5.74) is 2.69. The molecule has 0 saturated carbocycles. The highest BCUT2D eigenvalue weighted by molar-refractivity contribution is 6.11. The Morgan fingerprint density at radius 2 is 1.63 bits per heavy atom. The standard InChI is InChI=1S/C22H32N2O3/c1-6-7-8-9-10-11-22(5)20(26)24(21(27)23-22)14-19(25)18-13-16(3)15(2)12-17(18)4/h12-13H,6-11,14H2,1-5H3,(H,23,27)/t22-/m0/s1. The van der Waals surface area contributed by atoms with Crippen LogP contribution < -0.4 is 5.32 Å². The highest BCUT2D eigenvalue weighted by Crippen LogP contribution is 2.25. The van der Waals surface area contributed by atoms with Gasteiger partial charge in [-0.05, 0) is 56.9 Å². The monoisotopic (exact) mass is 372 g/mol. The first-order chi connectivity index (χ1) is 12.7. The Kier molecular flexibility index (Phi) is 6.79. The van der Waals surface area contributed by atoms with Crippen molar-refractivity contribution in [1.29, 1.82) is 0 Å². The third-order valence-corrected chi connectivity index (χ3v) is 5.57. The number of imide groups is 1. The number of rotatable bonds is 9. The molecule has 1 atom stereocenters. The fourth-order valence-corrected chi connectivity index (χ4v) is 3.63. The third kappa shape index (κ3) is 4.76. The van der Waals surface area contributed by atoms with Crippen molar-refractivity contribution in [3.8, 4) is 0 Å². The number of ketones is 1. The van der Waals surface area contributed by atoms with Crippen molar-refractivity contribution in [2.45, 2.75) is 78.7 Å². The predicted molar refractivity (Wildman–Crippen MR) is 107 cm³/mol. The van der Waals surface area contributed by atoms with Crippen LogP contribution in [0.2, 0.25) is 0 Å². The topological polar surface area (TPSA) is 66.5 Å². The lowest BCUT2D eigenvalue weighted by Gasteiger charge is -2.21. The van der Waals surface area contributed by atoms with Gasteiger partial charge in [-0.2, -0.15) is 0 Å². The second kappa shape index (κ2) is 8.68. The van der Waals surface area contributed by atoms with Gasteiger partial charge in [-0.3, -0.25) is 14.5 Å². The number of unbranched alkanes of at least 4 members (excludes halogenated alkanes) is 4. The van der Waals surface area contributed by atoms with Gasteiger partial charge in [0.2, 0.25) is 0 Å². The molecule has 0 bridgehead atoms. The van der Waals surface area contributed by atoms with Crippen molar-refractivity contribution in [3.05, 3.63) is 34.4 Å². The summed E-state index contributed by atoms with van der Waals surface area (Å²) >= 11 is 0. The number of hydrogen-bond donors (Lipinski definition) is 1. The van der Waals surface area contributed by atoms with Crippen LogP contribution in [0, 0.1) is 20.8 Å². The normalized spacial score (nSPS) is 19.5. The molecule has 0 aliphatic carbocycles. The number of aryl methyl sites for hydroxylation is 3. The lowest BCUT2D eigenvalue weighted by Crippen LogP contribution is -2.44. The molecule has 0 unspecified atom stereocenters. The molecule has 0 aromatic heterocycles. The molecule has 1 N–H and O–H groups in total. The van der Waals surface area contributed by atoms with Gasteiger partial charge in [0.05, 0.1) is 6.54 Å². The number of hydrogen-bond acceptors (Lipinski definition) is 3. The molecule has 2 rings (SSSR count). The Hall–Kier alpha value is -2.17. The summed E-state index contributed by atoms with van der Waals surface area (Å²) in [4.78, 5) is 39.0. The highest BCUT2D eigenvalue weighted by Gasteiger charge is 2.47. The van der Waals surface area contributed by atoms with Crippen LogP contribution in [0.25, 0.3) is 0 Å². The molecule has 1 aromatic rings. The Morgan fingerprint density at radius 1 is 1.00 bits per heavy atom. The van der Waals surface area contributed by atoms with Gasteiger partial charge in [-0.15, -0.1) is 0 Å². The minimum Gasteiger partial charge on any atom is -0.323 e.